The van der Waals surface area contributed by atoms with Gasteiger partial charge < -0.3 is 15.4 Å². The van der Waals surface area contributed by atoms with Gasteiger partial charge in [-0.2, -0.15) is 0 Å². The number of hydrogen-bond acceptors (Lipinski definition) is 4. The van der Waals surface area contributed by atoms with Gasteiger partial charge in [0.05, 0.1) is 5.69 Å². The maximum atomic E-state index is 12.5. The quantitative estimate of drug-likeness (QED) is 0.835. The summed E-state index contributed by atoms with van der Waals surface area (Å²) in [6, 6.07) is 8.89. The Labute approximate surface area is 133 Å². The van der Waals surface area contributed by atoms with Gasteiger partial charge in [0.1, 0.15) is 11.6 Å². The largest absolute Gasteiger partial charge is 0.466 e. The van der Waals surface area contributed by atoms with E-state index in [1.807, 2.05) is 26.0 Å². The summed E-state index contributed by atoms with van der Waals surface area (Å²) in [6.07, 6.45) is 1.64. The van der Waals surface area contributed by atoms with Crippen LogP contribution in [0.15, 0.2) is 36.5 Å². The van der Waals surface area contributed by atoms with Gasteiger partial charge in [0.2, 0.25) is 0 Å². The highest BCUT2D eigenvalue weighted by molar-refractivity contribution is 6.18. The molecule has 6 heteroatoms. The first-order valence-electron chi connectivity index (χ1n) is 7.24. The molecule has 1 unspecified atom stereocenters. The van der Waals surface area contributed by atoms with E-state index in [1.54, 1.807) is 24.4 Å². The number of carbonyl (C=O) groups is 2. The van der Waals surface area contributed by atoms with E-state index in [2.05, 4.69) is 15.6 Å². The van der Waals surface area contributed by atoms with Crippen molar-refractivity contribution < 1.29 is 14.3 Å². The number of amides is 2. The smallest absolute Gasteiger partial charge is 0.279 e. The van der Waals surface area contributed by atoms with Crippen LogP contribution in [-0.4, -0.2) is 22.4 Å². The molecular weight excluding hydrogens is 294 g/mol. The molecule has 0 aliphatic carbocycles. The van der Waals surface area contributed by atoms with E-state index >= 15 is 0 Å². The monoisotopic (exact) mass is 311 g/mol. The fraction of sp³-hybridized carbons (Fsp3) is 0.235. The molecule has 2 heterocycles. The molecule has 1 aliphatic heterocycles. The molecule has 0 fully saturated rings. The Kier molecular flexibility index (Phi) is 3.52. The van der Waals surface area contributed by atoms with Crippen LogP contribution in [0.1, 0.15) is 18.1 Å². The normalized spacial score (nSPS) is 19.3. The summed E-state index contributed by atoms with van der Waals surface area (Å²) in [5.74, 6) is -0.254. The predicted molar refractivity (Wildman–Crippen MR) is 86.4 cm³/mol. The molecular formula is C17H17N3O3. The molecule has 2 N–H and O–H groups in total. The number of aromatic nitrogens is 1. The standard InChI is InChI=1S/C17H17N3O3/c1-10-4-6-13-12(8-10)19-15(21)17(3,23-13)16(22)20-14-7-5-11(2)9-18-14/h4-9H,1-3H3,(H,19,21)(H,18,20,22). The number of hydrogen-bond donors (Lipinski definition) is 2. The highest BCUT2D eigenvalue weighted by Crippen LogP contribution is 2.34. The molecule has 3 rings (SSSR count). The fourth-order valence-electron chi connectivity index (χ4n) is 2.27. The van der Waals surface area contributed by atoms with E-state index in [-0.39, 0.29) is 0 Å². The number of fused-ring (bicyclic) bond motifs is 1. The average molecular weight is 311 g/mol. The van der Waals surface area contributed by atoms with Gasteiger partial charge in [-0.05, 0) is 50.1 Å². The maximum Gasteiger partial charge on any atom is 0.279 e. The fourth-order valence-corrected chi connectivity index (χ4v) is 2.27. The van der Waals surface area contributed by atoms with Crippen LogP contribution in [0, 0.1) is 13.8 Å². The van der Waals surface area contributed by atoms with Gasteiger partial charge in [-0.3, -0.25) is 9.59 Å². The van der Waals surface area contributed by atoms with Gasteiger partial charge in [-0.25, -0.2) is 4.98 Å². The first-order chi connectivity index (χ1) is 10.9. The molecule has 0 bridgehead atoms. The lowest BCUT2D eigenvalue weighted by Gasteiger charge is -2.33. The zero-order valence-electron chi connectivity index (χ0n) is 13.1. The summed E-state index contributed by atoms with van der Waals surface area (Å²) < 4.78 is 5.69. The van der Waals surface area contributed by atoms with Gasteiger partial charge in [0.15, 0.2) is 0 Å². The lowest BCUT2D eigenvalue weighted by molar-refractivity contribution is -0.143. The van der Waals surface area contributed by atoms with Gasteiger partial charge in [-0.1, -0.05) is 12.1 Å². The van der Waals surface area contributed by atoms with Crippen molar-refractivity contribution in [1.82, 2.24) is 4.98 Å². The van der Waals surface area contributed by atoms with Crippen LogP contribution < -0.4 is 15.4 Å². The van der Waals surface area contributed by atoms with E-state index in [4.69, 9.17) is 4.74 Å². The summed E-state index contributed by atoms with van der Waals surface area (Å²) in [5, 5.41) is 5.34. The molecule has 0 saturated heterocycles. The number of benzene rings is 1. The highest BCUT2D eigenvalue weighted by atomic mass is 16.5. The summed E-state index contributed by atoms with van der Waals surface area (Å²) in [4.78, 5) is 29.0. The van der Waals surface area contributed by atoms with Crippen LogP contribution in [0.3, 0.4) is 0 Å². The highest BCUT2D eigenvalue weighted by Gasteiger charge is 2.47. The number of aryl methyl sites for hydroxylation is 2. The third-order valence-electron chi connectivity index (χ3n) is 3.72. The summed E-state index contributed by atoms with van der Waals surface area (Å²) in [5.41, 5.74) is 0.873. The molecule has 118 valence electrons. The van der Waals surface area contributed by atoms with E-state index in [1.165, 1.54) is 6.92 Å². The second kappa shape index (κ2) is 5.39. The molecule has 1 aromatic carbocycles. The lowest BCUT2D eigenvalue weighted by atomic mass is 10.0. The average Bonchev–Trinajstić information content (AvgIpc) is 2.51. The molecule has 2 aromatic rings. The van der Waals surface area contributed by atoms with Crippen molar-refractivity contribution in [2.75, 3.05) is 10.6 Å². The Balaban J connectivity index is 1.85. The van der Waals surface area contributed by atoms with Gasteiger partial charge in [0.25, 0.3) is 17.4 Å². The topological polar surface area (TPSA) is 80.3 Å². The van der Waals surface area contributed by atoms with Crippen molar-refractivity contribution >= 4 is 23.3 Å². The second-order valence-electron chi connectivity index (χ2n) is 5.76. The van der Waals surface area contributed by atoms with Crippen LogP contribution in [0.25, 0.3) is 0 Å². The third-order valence-corrected chi connectivity index (χ3v) is 3.72. The second-order valence-corrected chi connectivity index (χ2v) is 5.76. The Bertz CT molecular complexity index is 786. The van der Waals surface area contributed by atoms with Gasteiger partial charge >= 0.3 is 0 Å². The molecule has 1 aromatic heterocycles. The first kappa shape index (κ1) is 15.0. The van der Waals surface area contributed by atoms with Crippen LogP contribution in [-0.2, 0) is 9.59 Å². The van der Waals surface area contributed by atoms with E-state index in [9.17, 15) is 9.59 Å². The minimum atomic E-state index is -1.66. The predicted octanol–water partition coefficient (Wildman–Crippen LogP) is 2.43. The third kappa shape index (κ3) is 2.75. The Morgan fingerprint density at radius 3 is 2.65 bits per heavy atom. The Morgan fingerprint density at radius 1 is 1.22 bits per heavy atom. The van der Waals surface area contributed by atoms with Crippen molar-refractivity contribution in [2.24, 2.45) is 0 Å². The summed E-state index contributed by atoms with van der Waals surface area (Å²) in [6.45, 7) is 5.25. The number of ether oxygens (including phenoxy) is 1. The van der Waals surface area contributed by atoms with Crippen molar-refractivity contribution in [3.05, 3.63) is 47.7 Å². The molecule has 6 nitrogen and oxygen atoms in total. The van der Waals surface area contributed by atoms with Crippen molar-refractivity contribution in [2.45, 2.75) is 26.4 Å². The zero-order chi connectivity index (χ0) is 16.6. The number of nitrogens with zero attached hydrogens (tertiary/aromatic N) is 1. The maximum absolute atomic E-state index is 12.5. The molecule has 0 saturated carbocycles. The number of carbonyl (C=O) groups excluding carboxylic acids is 2. The molecule has 2 amide bonds. The zero-order valence-corrected chi connectivity index (χ0v) is 13.1. The van der Waals surface area contributed by atoms with E-state index in [0.717, 1.165) is 11.1 Å². The molecule has 1 atom stereocenters. The van der Waals surface area contributed by atoms with Crippen LogP contribution in [0.2, 0.25) is 0 Å². The van der Waals surface area contributed by atoms with Crippen molar-refractivity contribution in [3.8, 4) is 5.75 Å². The molecule has 1 aliphatic rings. The molecule has 0 radical (unpaired) electrons. The van der Waals surface area contributed by atoms with Crippen LogP contribution in [0.4, 0.5) is 11.5 Å². The molecule has 23 heavy (non-hydrogen) atoms. The minimum absolute atomic E-state index is 0.368. The van der Waals surface area contributed by atoms with Crippen LogP contribution >= 0.6 is 0 Å². The van der Waals surface area contributed by atoms with E-state index < -0.39 is 17.4 Å². The minimum Gasteiger partial charge on any atom is -0.466 e. The first-order valence-corrected chi connectivity index (χ1v) is 7.24. The molecule has 0 spiro atoms. The van der Waals surface area contributed by atoms with Crippen molar-refractivity contribution in [1.29, 1.82) is 0 Å². The number of nitrogens with one attached hydrogen (secondary N) is 2. The van der Waals surface area contributed by atoms with Gasteiger partial charge in [-0.15, -0.1) is 0 Å². The SMILES string of the molecule is Cc1ccc(NC(=O)C2(C)Oc3ccc(C)cc3NC2=O)nc1. The number of rotatable bonds is 2. The van der Waals surface area contributed by atoms with Gasteiger partial charge in [0, 0.05) is 6.20 Å². The van der Waals surface area contributed by atoms with E-state index in [0.29, 0.717) is 17.3 Å². The van der Waals surface area contributed by atoms with Crippen molar-refractivity contribution in [3.63, 3.8) is 0 Å². The lowest BCUT2D eigenvalue weighted by Crippen LogP contribution is -2.56. The summed E-state index contributed by atoms with van der Waals surface area (Å²) in [7, 11) is 0. The number of pyridine rings is 1. The summed E-state index contributed by atoms with van der Waals surface area (Å²) >= 11 is 0. The Morgan fingerprint density at radius 2 is 1.96 bits per heavy atom. The van der Waals surface area contributed by atoms with Crippen LogP contribution in [0.5, 0.6) is 5.75 Å². The number of anilines is 2. The Hall–Kier alpha value is -2.89.